The lowest BCUT2D eigenvalue weighted by Crippen LogP contribution is -2.23. The molecule has 0 spiro atoms. The third-order valence-corrected chi connectivity index (χ3v) is 6.90. The van der Waals surface area contributed by atoms with E-state index in [-0.39, 0.29) is 17.7 Å². The molecule has 0 atom stereocenters. The topological polar surface area (TPSA) is 87.1 Å². The maximum Gasteiger partial charge on any atom is 0.262 e. The van der Waals surface area contributed by atoms with E-state index < -0.39 is 0 Å². The zero-order chi connectivity index (χ0) is 19.7. The Morgan fingerprint density at radius 1 is 1.10 bits per heavy atom. The Kier molecular flexibility index (Phi) is 3.34. The van der Waals surface area contributed by atoms with Crippen molar-refractivity contribution in [1.82, 2.24) is 28.7 Å². The molecule has 0 radical (unpaired) electrons. The Hall–Kier alpha value is -3.33. The van der Waals surface area contributed by atoms with E-state index in [0.29, 0.717) is 17.0 Å². The zero-order valence-corrected chi connectivity index (χ0v) is 16.4. The number of rotatable bonds is 2. The summed E-state index contributed by atoms with van der Waals surface area (Å²) in [5, 5.41) is 9.83. The molecule has 0 N–H and O–H groups in total. The van der Waals surface area contributed by atoms with Crippen LogP contribution in [0, 0.1) is 0 Å². The summed E-state index contributed by atoms with van der Waals surface area (Å²) < 4.78 is 4.91. The van der Waals surface area contributed by atoms with Gasteiger partial charge in [0.1, 0.15) is 4.83 Å². The van der Waals surface area contributed by atoms with Crippen LogP contribution in [0.2, 0.25) is 0 Å². The van der Waals surface area contributed by atoms with E-state index in [0.717, 1.165) is 40.6 Å². The minimum absolute atomic E-state index is 0.0414. The second-order valence-electron chi connectivity index (χ2n) is 7.35. The SMILES string of the molecule is Cn1c(=O)c2ccccc2n2c(Cn3cnc4sc5c(c4c3=O)CCC5)nnc12. The highest BCUT2D eigenvalue weighted by atomic mass is 32.1. The molecule has 0 saturated carbocycles. The molecule has 144 valence electrons. The summed E-state index contributed by atoms with van der Waals surface area (Å²) in [6.07, 6.45) is 4.66. The average Bonchev–Trinajstić information content (AvgIpc) is 3.43. The van der Waals surface area contributed by atoms with Gasteiger partial charge in [-0.05, 0) is 37.0 Å². The Morgan fingerprint density at radius 2 is 1.97 bits per heavy atom. The summed E-state index contributed by atoms with van der Waals surface area (Å²) in [4.78, 5) is 32.5. The number of hydrogen-bond acceptors (Lipinski definition) is 6. The maximum atomic E-state index is 13.2. The van der Waals surface area contributed by atoms with Crippen LogP contribution >= 0.6 is 11.3 Å². The van der Waals surface area contributed by atoms with Crippen LogP contribution in [0.3, 0.4) is 0 Å². The van der Waals surface area contributed by atoms with Gasteiger partial charge in [0.25, 0.3) is 11.1 Å². The highest BCUT2D eigenvalue weighted by Crippen LogP contribution is 2.34. The summed E-state index contributed by atoms with van der Waals surface area (Å²) in [7, 11) is 1.68. The molecule has 29 heavy (non-hydrogen) atoms. The normalized spacial score (nSPS) is 13.7. The molecule has 0 fully saturated rings. The second kappa shape index (κ2) is 5.84. The van der Waals surface area contributed by atoms with Crippen LogP contribution < -0.4 is 11.1 Å². The molecule has 0 unspecified atom stereocenters. The van der Waals surface area contributed by atoms with Crippen molar-refractivity contribution >= 4 is 38.2 Å². The lowest BCUT2D eigenvalue weighted by Gasteiger charge is -2.09. The Morgan fingerprint density at radius 3 is 2.86 bits per heavy atom. The molecule has 9 heteroatoms. The lowest BCUT2D eigenvalue weighted by molar-refractivity contribution is 0.701. The van der Waals surface area contributed by atoms with Crippen molar-refractivity contribution in [2.45, 2.75) is 25.8 Å². The monoisotopic (exact) mass is 404 g/mol. The van der Waals surface area contributed by atoms with Gasteiger partial charge >= 0.3 is 0 Å². The number of fused-ring (bicyclic) bond motifs is 6. The number of para-hydroxylation sites is 1. The second-order valence-corrected chi connectivity index (χ2v) is 8.43. The lowest BCUT2D eigenvalue weighted by atomic mass is 10.2. The molecule has 0 saturated heterocycles. The van der Waals surface area contributed by atoms with Crippen LogP contribution in [0.4, 0.5) is 0 Å². The van der Waals surface area contributed by atoms with Gasteiger partial charge in [-0.1, -0.05) is 12.1 Å². The van der Waals surface area contributed by atoms with E-state index in [2.05, 4.69) is 15.2 Å². The van der Waals surface area contributed by atoms with Crippen LogP contribution in [0.15, 0.2) is 40.2 Å². The number of thiophene rings is 1. The standard InChI is InChI=1S/C20H16N6O2S/c1-24-18(27)11-5-2-3-7-13(11)26-15(22-23-20(24)26)9-25-10-21-17-16(19(25)28)12-6-4-8-14(12)29-17/h2-3,5,7,10H,4,6,8-9H2,1H3. The summed E-state index contributed by atoms with van der Waals surface area (Å²) >= 11 is 1.63. The van der Waals surface area contributed by atoms with Crippen LogP contribution in [-0.4, -0.2) is 28.7 Å². The fraction of sp³-hybridized carbons (Fsp3) is 0.250. The smallest absolute Gasteiger partial charge is 0.262 e. The third-order valence-electron chi connectivity index (χ3n) is 5.70. The molecule has 6 rings (SSSR count). The molecule has 8 nitrogen and oxygen atoms in total. The highest BCUT2D eigenvalue weighted by Gasteiger charge is 2.22. The Labute approximate surface area is 167 Å². The van der Waals surface area contributed by atoms with Gasteiger partial charge < -0.3 is 0 Å². The molecular weight excluding hydrogens is 388 g/mol. The van der Waals surface area contributed by atoms with E-state index in [1.54, 1.807) is 35.3 Å². The van der Waals surface area contributed by atoms with Gasteiger partial charge in [-0.25, -0.2) is 4.98 Å². The molecule has 0 amide bonds. The fourth-order valence-corrected chi connectivity index (χ4v) is 5.50. The summed E-state index contributed by atoms with van der Waals surface area (Å²) in [6, 6.07) is 7.36. The molecule has 1 aromatic carbocycles. The van der Waals surface area contributed by atoms with E-state index in [1.165, 1.54) is 9.44 Å². The van der Waals surface area contributed by atoms with Gasteiger partial charge in [0, 0.05) is 11.9 Å². The van der Waals surface area contributed by atoms with Crippen molar-refractivity contribution in [3.05, 3.63) is 67.6 Å². The molecule has 0 aliphatic heterocycles. The van der Waals surface area contributed by atoms with Gasteiger partial charge in [0.15, 0.2) is 5.82 Å². The summed E-state index contributed by atoms with van der Waals surface area (Å²) in [5.41, 5.74) is 1.72. The van der Waals surface area contributed by atoms with Crippen molar-refractivity contribution in [3.8, 4) is 0 Å². The first-order valence-electron chi connectivity index (χ1n) is 9.45. The molecule has 1 aliphatic rings. The van der Waals surface area contributed by atoms with E-state index >= 15 is 0 Å². The average molecular weight is 404 g/mol. The quantitative estimate of drug-likeness (QED) is 0.448. The largest absolute Gasteiger partial charge is 0.291 e. The first-order chi connectivity index (χ1) is 14.1. The van der Waals surface area contributed by atoms with Crippen LogP contribution in [0.1, 0.15) is 22.7 Å². The third kappa shape index (κ3) is 2.21. The van der Waals surface area contributed by atoms with Crippen molar-refractivity contribution in [3.63, 3.8) is 0 Å². The molecule has 4 aromatic heterocycles. The van der Waals surface area contributed by atoms with E-state index in [4.69, 9.17) is 0 Å². The Balaban J connectivity index is 1.58. The Bertz CT molecular complexity index is 1570. The number of benzene rings is 1. The van der Waals surface area contributed by atoms with Crippen molar-refractivity contribution < 1.29 is 0 Å². The zero-order valence-electron chi connectivity index (χ0n) is 15.6. The van der Waals surface area contributed by atoms with Crippen LogP contribution in [0.25, 0.3) is 26.9 Å². The van der Waals surface area contributed by atoms with Crippen LogP contribution in [0.5, 0.6) is 0 Å². The number of hydrogen-bond donors (Lipinski definition) is 0. The highest BCUT2D eigenvalue weighted by molar-refractivity contribution is 7.18. The predicted molar refractivity (Wildman–Crippen MR) is 111 cm³/mol. The molecule has 5 aromatic rings. The van der Waals surface area contributed by atoms with E-state index in [1.807, 2.05) is 22.6 Å². The van der Waals surface area contributed by atoms with Gasteiger partial charge in [0.2, 0.25) is 5.78 Å². The van der Waals surface area contributed by atoms with Gasteiger partial charge in [-0.15, -0.1) is 21.5 Å². The van der Waals surface area contributed by atoms with Gasteiger partial charge in [0.05, 0.1) is 29.2 Å². The van der Waals surface area contributed by atoms with Crippen molar-refractivity contribution in [1.29, 1.82) is 0 Å². The van der Waals surface area contributed by atoms with Gasteiger partial charge in [-0.2, -0.15) is 0 Å². The first-order valence-corrected chi connectivity index (χ1v) is 10.3. The van der Waals surface area contributed by atoms with Crippen molar-refractivity contribution in [2.75, 3.05) is 0 Å². The first kappa shape index (κ1) is 16.6. The number of aryl methyl sites for hydroxylation is 3. The maximum absolute atomic E-state index is 13.2. The molecule has 4 heterocycles. The fourth-order valence-electron chi connectivity index (χ4n) is 4.28. The van der Waals surface area contributed by atoms with Gasteiger partial charge in [-0.3, -0.25) is 23.1 Å². The van der Waals surface area contributed by atoms with Crippen molar-refractivity contribution in [2.24, 2.45) is 7.05 Å². The number of aromatic nitrogens is 6. The molecule has 1 aliphatic carbocycles. The minimum Gasteiger partial charge on any atom is -0.291 e. The minimum atomic E-state index is -0.124. The number of nitrogens with zero attached hydrogens (tertiary/aromatic N) is 6. The van der Waals surface area contributed by atoms with Crippen LogP contribution in [-0.2, 0) is 26.4 Å². The molecule has 0 bridgehead atoms. The summed E-state index contributed by atoms with van der Waals surface area (Å²) in [5.74, 6) is 1.03. The summed E-state index contributed by atoms with van der Waals surface area (Å²) in [6.45, 7) is 0.232. The molecular formula is C20H16N6O2S. The van der Waals surface area contributed by atoms with E-state index in [9.17, 15) is 9.59 Å². The predicted octanol–water partition coefficient (Wildman–Crippen LogP) is 1.89.